The lowest BCUT2D eigenvalue weighted by atomic mass is 10.2. The van der Waals surface area contributed by atoms with Crippen molar-refractivity contribution in [2.24, 2.45) is 0 Å². The monoisotopic (exact) mass is 382 g/mol. The van der Waals surface area contributed by atoms with E-state index >= 15 is 0 Å². The predicted molar refractivity (Wildman–Crippen MR) is 94.6 cm³/mol. The zero-order valence-corrected chi connectivity index (χ0v) is 15.0. The summed E-state index contributed by atoms with van der Waals surface area (Å²) in [4.78, 5) is 13.6. The molecule has 2 aromatic rings. The number of methoxy groups -OCH3 is 1. The van der Waals surface area contributed by atoms with Crippen LogP contribution in [0, 0.1) is 5.82 Å². The van der Waals surface area contributed by atoms with E-state index in [1.165, 1.54) is 24.1 Å². The number of nitrogens with zero attached hydrogens (tertiary/aromatic N) is 1. The third-order valence-electron chi connectivity index (χ3n) is 3.70. The van der Waals surface area contributed by atoms with E-state index in [1.54, 1.807) is 37.4 Å². The van der Waals surface area contributed by atoms with Crippen LogP contribution in [0.25, 0.3) is 0 Å². The van der Waals surface area contributed by atoms with Crippen LogP contribution in [0.5, 0.6) is 11.5 Å². The van der Waals surface area contributed by atoms with Crippen molar-refractivity contribution >= 4 is 6.03 Å². The van der Waals surface area contributed by atoms with Crippen LogP contribution in [0.2, 0.25) is 0 Å². The van der Waals surface area contributed by atoms with Crippen LogP contribution in [-0.2, 0) is 13.1 Å². The van der Waals surface area contributed by atoms with Crippen LogP contribution < -0.4 is 14.8 Å². The molecule has 2 amide bonds. The number of carbonyl (C=O) groups is 1. The van der Waals surface area contributed by atoms with Crippen LogP contribution >= 0.6 is 0 Å². The number of carbonyl (C=O) groups excluding carboxylic acids is 1. The van der Waals surface area contributed by atoms with Crippen LogP contribution in [0.4, 0.5) is 18.0 Å². The SMILES string of the molecule is COc1ccc(CN(C)C(=O)NCc2cccc(OCC(F)F)c2)cc1F. The Bertz CT molecular complexity index is 772. The number of alkyl halides is 2. The number of amides is 2. The van der Waals surface area contributed by atoms with Gasteiger partial charge in [-0.1, -0.05) is 18.2 Å². The van der Waals surface area contributed by atoms with E-state index in [1.807, 2.05) is 0 Å². The van der Waals surface area contributed by atoms with Gasteiger partial charge in [0.05, 0.1) is 7.11 Å². The zero-order chi connectivity index (χ0) is 19.8. The van der Waals surface area contributed by atoms with Gasteiger partial charge < -0.3 is 19.7 Å². The molecule has 0 bridgehead atoms. The minimum atomic E-state index is -2.55. The molecular formula is C19H21F3N2O3. The lowest BCUT2D eigenvalue weighted by Gasteiger charge is -2.18. The van der Waals surface area contributed by atoms with Crippen molar-refractivity contribution < 1.29 is 27.4 Å². The molecule has 0 saturated carbocycles. The molecule has 0 saturated heterocycles. The van der Waals surface area contributed by atoms with E-state index in [-0.39, 0.29) is 24.9 Å². The number of rotatable bonds is 8. The summed E-state index contributed by atoms with van der Waals surface area (Å²) in [6.07, 6.45) is -2.55. The third-order valence-corrected chi connectivity index (χ3v) is 3.70. The van der Waals surface area contributed by atoms with Crippen molar-refractivity contribution in [3.63, 3.8) is 0 Å². The molecule has 0 aliphatic heterocycles. The Balaban J connectivity index is 1.87. The molecule has 0 fully saturated rings. The maximum Gasteiger partial charge on any atom is 0.317 e. The molecular weight excluding hydrogens is 361 g/mol. The van der Waals surface area contributed by atoms with Crippen molar-refractivity contribution in [1.82, 2.24) is 10.2 Å². The molecule has 0 radical (unpaired) electrons. The summed E-state index contributed by atoms with van der Waals surface area (Å²) in [7, 11) is 2.96. The molecule has 0 aliphatic rings. The summed E-state index contributed by atoms with van der Waals surface area (Å²) in [6, 6.07) is 10.7. The fraction of sp³-hybridized carbons (Fsp3) is 0.316. The lowest BCUT2D eigenvalue weighted by Crippen LogP contribution is -2.36. The van der Waals surface area contributed by atoms with Crippen molar-refractivity contribution in [3.05, 3.63) is 59.4 Å². The Morgan fingerprint density at radius 1 is 1.19 bits per heavy atom. The van der Waals surface area contributed by atoms with E-state index in [0.717, 1.165) is 0 Å². The average molecular weight is 382 g/mol. The number of urea groups is 1. The van der Waals surface area contributed by atoms with E-state index in [9.17, 15) is 18.0 Å². The zero-order valence-electron chi connectivity index (χ0n) is 15.0. The molecule has 0 unspecified atom stereocenters. The smallest absolute Gasteiger partial charge is 0.317 e. The van der Waals surface area contributed by atoms with E-state index in [0.29, 0.717) is 16.9 Å². The third kappa shape index (κ3) is 6.40. The van der Waals surface area contributed by atoms with E-state index < -0.39 is 18.8 Å². The Labute approximate surface area is 155 Å². The van der Waals surface area contributed by atoms with Crippen molar-refractivity contribution in [1.29, 1.82) is 0 Å². The summed E-state index contributed by atoms with van der Waals surface area (Å²) in [6.45, 7) is -0.271. The predicted octanol–water partition coefficient (Wildman–Crippen LogP) is 3.82. The molecule has 0 atom stereocenters. The standard InChI is InChI=1S/C19H21F3N2O3/c1-24(11-14-6-7-17(26-2)16(20)9-14)19(25)23-10-13-4-3-5-15(8-13)27-12-18(21)22/h3-9,18H,10-12H2,1-2H3,(H,23,25). The first kappa shape index (κ1) is 20.4. The van der Waals surface area contributed by atoms with Gasteiger partial charge in [0, 0.05) is 20.1 Å². The first-order valence-corrected chi connectivity index (χ1v) is 8.20. The van der Waals surface area contributed by atoms with Crippen molar-refractivity contribution in [2.45, 2.75) is 19.5 Å². The molecule has 0 spiro atoms. The van der Waals surface area contributed by atoms with Gasteiger partial charge in [-0.3, -0.25) is 0 Å². The number of benzene rings is 2. The van der Waals surface area contributed by atoms with E-state index in [4.69, 9.17) is 9.47 Å². The van der Waals surface area contributed by atoms with E-state index in [2.05, 4.69) is 5.32 Å². The second kappa shape index (κ2) is 9.70. The summed E-state index contributed by atoms with van der Waals surface area (Å²) in [5, 5.41) is 2.71. The summed E-state index contributed by atoms with van der Waals surface area (Å²) < 4.78 is 47.9. The van der Waals surface area contributed by atoms with Gasteiger partial charge in [0.15, 0.2) is 11.6 Å². The summed E-state index contributed by atoms with van der Waals surface area (Å²) in [5.41, 5.74) is 1.33. The van der Waals surface area contributed by atoms with Crippen LogP contribution in [-0.4, -0.2) is 38.1 Å². The lowest BCUT2D eigenvalue weighted by molar-refractivity contribution is 0.0818. The Kier molecular flexibility index (Phi) is 7.34. The maximum absolute atomic E-state index is 13.7. The largest absolute Gasteiger partial charge is 0.494 e. The van der Waals surface area contributed by atoms with Crippen LogP contribution in [0.15, 0.2) is 42.5 Å². The Hall–Kier alpha value is -2.90. The second-order valence-electron chi connectivity index (χ2n) is 5.83. The number of halogens is 3. The van der Waals surface area contributed by atoms with Crippen LogP contribution in [0.3, 0.4) is 0 Å². The van der Waals surface area contributed by atoms with Gasteiger partial charge in [-0.2, -0.15) is 0 Å². The molecule has 1 N–H and O–H groups in total. The molecule has 27 heavy (non-hydrogen) atoms. The first-order valence-electron chi connectivity index (χ1n) is 8.20. The highest BCUT2D eigenvalue weighted by atomic mass is 19.3. The summed E-state index contributed by atoms with van der Waals surface area (Å²) in [5.74, 6) is -0.0478. The molecule has 146 valence electrons. The maximum atomic E-state index is 13.7. The van der Waals surface area contributed by atoms with Gasteiger partial charge in [-0.15, -0.1) is 0 Å². The Morgan fingerprint density at radius 3 is 2.63 bits per heavy atom. The summed E-state index contributed by atoms with van der Waals surface area (Å²) >= 11 is 0. The fourth-order valence-electron chi connectivity index (χ4n) is 2.37. The van der Waals surface area contributed by atoms with Gasteiger partial charge >= 0.3 is 6.03 Å². The molecule has 2 aromatic carbocycles. The highest BCUT2D eigenvalue weighted by Crippen LogP contribution is 2.18. The van der Waals surface area contributed by atoms with Gasteiger partial charge in [0.2, 0.25) is 0 Å². The highest BCUT2D eigenvalue weighted by molar-refractivity contribution is 5.73. The van der Waals surface area contributed by atoms with Gasteiger partial charge in [0.1, 0.15) is 12.4 Å². The van der Waals surface area contributed by atoms with Gasteiger partial charge in [-0.05, 0) is 35.4 Å². The number of hydrogen-bond acceptors (Lipinski definition) is 3. The van der Waals surface area contributed by atoms with Crippen LogP contribution in [0.1, 0.15) is 11.1 Å². The number of ether oxygens (including phenoxy) is 2. The minimum Gasteiger partial charge on any atom is -0.494 e. The number of nitrogens with one attached hydrogen (secondary N) is 1. The average Bonchev–Trinajstić information content (AvgIpc) is 2.65. The molecule has 5 nitrogen and oxygen atoms in total. The van der Waals surface area contributed by atoms with Crippen molar-refractivity contribution in [2.75, 3.05) is 20.8 Å². The highest BCUT2D eigenvalue weighted by Gasteiger charge is 2.11. The fourth-order valence-corrected chi connectivity index (χ4v) is 2.37. The molecule has 0 aliphatic carbocycles. The molecule has 8 heteroatoms. The second-order valence-corrected chi connectivity index (χ2v) is 5.83. The van der Waals surface area contributed by atoms with Gasteiger partial charge in [-0.25, -0.2) is 18.0 Å². The first-order chi connectivity index (χ1) is 12.9. The molecule has 0 heterocycles. The van der Waals surface area contributed by atoms with Crippen molar-refractivity contribution in [3.8, 4) is 11.5 Å². The molecule has 2 rings (SSSR count). The number of hydrogen-bond donors (Lipinski definition) is 1. The van der Waals surface area contributed by atoms with Gasteiger partial charge in [0.25, 0.3) is 6.43 Å². The normalized spacial score (nSPS) is 10.6. The topological polar surface area (TPSA) is 50.8 Å². The molecule has 0 aromatic heterocycles. The Morgan fingerprint density at radius 2 is 1.96 bits per heavy atom. The quantitative estimate of drug-likeness (QED) is 0.755. The minimum absolute atomic E-state index is 0.139.